The van der Waals surface area contributed by atoms with Gasteiger partial charge >= 0.3 is 0 Å². The lowest BCUT2D eigenvalue weighted by molar-refractivity contribution is 0.188. The van der Waals surface area contributed by atoms with Gasteiger partial charge in [-0.1, -0.05) is 60.7 Å². The minimum absolute atomic E-state index is 0.119. The standard InChI is InChI=1S/C29H35N9O/c1-39-19-18-38-26(24-6-2-20(3-7-24)22-10-14-36(15-11-22)28(30)31)34-35-27(38)25-8-4-21(5-9-25)23-12-16-37(17-13-23)29(32)33/h2-10,12H,11,13-19H2,1H3,(H3,30,31)(H3,32,33). The molecular formula is C29H35N9O. The number of guanidine groups is 2. The van der Waals surface area contributed by atoms with E-state index in [0.717, 1.165) is 48.7 Å². The molecule has 6 N–H and O–H groups in total. The molecule has 10 heteroatoms. The molecule has 5 rings (SSSR count). The Labute approximate surface area is 228 Å². The molecular weight excluding hydrogens is 490 g/mol. The van der Waals surface area contributed by atoms with Crippen LogP contribution in [0.4, 0.5) is 0 Å². The van der Waals surface area contributed by atoms with Crippen molar-refractivity contribution in [2.75, 3.05) is 39.9 Å². The zero-order valence-electron chi connectivity index (χ0n) is 22.2. The minimum Gasteiger partial charge on any atom is -0.383 e. The maximum atomic E-state index is 7.63. The Balaban J connectivity index is 1.37. The van der Waals surface area contributed by atoms with Crippen molar-refractivity contribution in [2.45, 2.75) is 19.4 Å². The molecule has 0 fully saturated rings. The number of ether oxygens (including phenoxy) is 1. The van der Waals surface area contributed by atoms with Crippen LogP contribution in [-0.4, -0.2) is 76.4 Å². The Morgan fingerprint density at radius 3 is 1.49 bits per heavy atom. The smallest absolute Gasteiger partial charge is 0.188 e. The summed E-state index contributed by atoms with van der Waals surface area (Å²) in [6.45, 7) is 4.01. The van der Waals surface area contributed by atoms with E-state index in [2.05, 4.69) is 75.4 Å². The van der Waals surface area contributed by atoms with Crippen LogP contribution < -0.4 is 11.5 Å². The largest absolute Gasteiger partial charge is 0.383 e. The average molecular weight is 526 g/mol. The number of benzene rings is 2. The summed E-state index contributed by atoms with van der Waals surface area (Å²) in [5.41, 5.74) is 18.1. The molecule has 0 spiro atoms. The van der Waals surface area contributed by atoms with Crippen molar-refractivity contribution in [3.8, 4) is 22.8 Å². The summed E-state index contributed by atoms with van der Waals surface area (Å²) in [5, 5.41) is 24.4. The Hall–Kier alpha value is -4.44. The third-order valence-corrected chi connectivity index (χ3v) is 7.40. The van der Waals surface area contributed by atoms with Crippen LogP contribution in [-0.2, 0) is 11.3 Å². The monoisotopic (exact) mass is 525 g/mol. The normalized spacial score (nSPS) is 15.6. The van der Waals surface area contributed by atoms with Crippen LogP contribution in [0.2, 0.25) is 0 Å². The molecule has 2 aromatic carbocycles. The van der Waals surface area contributed by atoms with E-state index in [-0.39, 0.29) is 11.9 Å². The van der Waals surface area contributed by atoms with Gasteiger partial charge < -0.3 is 30.6 Å². The zero-order valence-corrected chi connectivity index (χ0v) is 22.2. The molecule has 39 heavy (non-hydrogen) atoms. The van der Waals surface area contributed by atoms with E-state index in [1.54, 1.807) is 7.11 Å². The van der Waals surface area contributed by atoms with Crippen molar-refractivity contribution in [2.24, 2.45) is 11.5 Å². The highest BCUT2D eigenvalue weighted by molar-refractivity contribution is 5.78. The second-order valence-electron chi connectivity index (χ2n) is 9.77. The van der Waals surface area contributed by atoms with Gasteiger partial charge in [-0.3, -0.25) is 10.8 Å². The third kappa shape index (κ3) is 5.70. The molecule has 2 aliphatic rings. The van der Waals surface area contributed by atoms with Crippen LogP contribution in [0.1, 0.15) is 24.0 Å². The van der Waals surface area contributed by atoms with E-state index in [1.807, 2.05) is 9.80 Å². The molecule has 2 aliphatic heterocycles. The van der Waals surface area contributed by atoms with Gasteiger partial charge in [-0.25, -0.2) is 0 Å². The van der Waals surface area contributed by atoms with E-state index >= 15 is 0 Å². The highest BCUT2D eigenvalue weighted by Crippen LogP contribution is 2.29. The number of nitrogens with one attached hydrogen (secondary N) is 2. The Kier molecular flexibility index (Phi) is 7.74. The fraction of sp³-hybridized carbons (Fsp3) is 0.310. The van der Waals surface area contributed by atoms with Gasteiger partial charge in [0.15, 0.2) is 23.6 Å². The molecule has 0 saturated carbocycles. The lowest BCUT2D eigenvalue weighted by Crippen LogP contribution is -2.39. The third-order valence-electron chi connectivity index (χ3n) is 7.40. The van der Waals surface area contributed by atoms with Gasteiger partial charge in [0.2, 0.25) is 0 Å². The Morgan fingerprint density at radius 1 is 0.744 bits per heavy atom. The average Bonchev–Trinajstić information content (AvgIpc) is 3.40. The van der Waals surface area contributed by atoms with Crippen LogP contribution >= 0.6 is 0 Å². The summed E-state index contributed by atoms with van der Waals surface area (Å²) in [6.07, 6.45) is 6.00. The number of hydrogen-bond donors (Lipinski definition) is 4. The zero-order chi connectivity index (χ0) is 27.4. The number of aromatic nitrogens is 3. The molecule has 0 radical (unpaired) electrons. The van der Waals surface area contributed by atoms with Crippen molar-refractivity contribution in [1.82, 2.24) is 24.6 Å². The summed E-state index contributed by atoms with van der Waals surface area (Å²) in [7, 11) is 1.70. The fourth-order valence-electron chi connectivity index (χ4n) is 5.09. The van der Waals surface area contributed by atoms with E-state index in [0.29, 0.717) is 26.2 Å². The van der Waals surface area contributed by atoms with Gasteiger partial charge in [0.05, 0.1) is 6.61 Å². The van der Waals surface area contributed by atoms with Crippen molar-refractivity contribution < 1.29 is 4.74 Å². The molecule has 0 aliphatic carbocycles. The number of nitrogens with two attached hydrogens (primary N) is 2. The van der Waals surface area contributed by atoms with Crippen molar-refractivity contribution in [1.29, 1.82) is 10.8 Å². The lowest BCUT2D eigenvalue weighted by atomic mass is 9.98. The predicted molar refractivity (Wildman–Crippen MR) is 155 cm³/mol. The first kappa shape index (κ1) is 26.2. The van der Waals surface area contributed by atoms with Crippen LogP contribution in [0.3, 0.4) is 0 Å². The van der Waals surface area contributed by atoms with Crippen LogP contribution in [0.25, 0.3) is 33.9 Å². The van der Waals surface area contributed by atoms with Gasteiger partial charge in [0.1, 0.15) is 0 Å². The van der Waals surface area contributed by atoms with E-state index in [4.69, 9.17) is 27.0 Å². The predicted octanol–water partition coefficient (Wildman–Crippen LogP) is 3.22. The van der Waals surface area contributed by atoms with Crippen molar-refractivity contribution >= 4 is 23.1 Å². The molecule has 0 bridgehead atoms. The molecule has 0 atom stereocenters. The van der Waals surface area contributed by atoms with E-state index in [1.165, 1.54) is 22.3 Å². The first-order valence-corrected chi connectivity index (χ1v) is 13.1. The summed E-state index contributed by atoms with van der Waals surface area (Å²) in [4.78, 5) is 3.72. The van der Waals surface area contributed by atoms with E-state index in [9.17, 15) is 0 Å². The lowest BCUT2D eigenvalue weighted by Gasteiger charge is -2.26. The summed E-state index contributed by atoms with van der Waals surface area (Å²) in [5.74, 6) is 1.84. The summed E-state index contributed by atoms with van der Waals surface area (Å²) in [6, 6.07) is 16.9. The van der Waals surface area contributed by atoms with Crippen molar-refractivity contribution in [3.63, 3.8) is 0 Å². The number of nitrogens with zero attached hydrogens (tertiary/aromatic N) is 5. The van der Waals surface area contributed by atoms with Gasteiger partial charge in [-0.05, 0) is 35.1 Å². The molecule has 0 unspecified atom stereocenters. The fourth-order valence-corrected chi connectivity index (χ4v) is 5.09. The minimum atomic E-state index is 0.119. The molecule has 3 heterocycles. The molecule has 0 amide bonds. The van der Waals surface area contributed by atoms with Crippen molar-refractivity contribution in [3.05, 3.63) is 71.8 Å². The molecule has 3 aromatic rings. The molecule has 1 aromatic heterocycles. The van der Waals surface area contributed by atoms with Crippen LogP contribution in [0.5, 0.6) is 0 Å². The first-order valence-electron chi connectivity index (χ1n) is 13.1. The Morgan fingerprint density at radius 2 is 1.15 bits per heavy atom. The molecule has 10 nitrogen and oxygen atoms in total. The highest BCUT2D eigenvalue weighted by atomic mass is 16.5. The van der Waals surface area contributed by atoms with Gasteiger partial charge in [-0.2, -0.15) is 0 Å². The number of hydrogen-bond acceptors (Lipinski definition) is 5. The van der Waals surface area contributed by atoms with Crippen LogP contribution in [0.15, 0.2) is 60.7 Å². The second-order valence-corrected chi connectivity index (χ2v) is 9.77. The Bertz CT molecular complexity index is 1300. The quantitative estimate of drug-likeness (QED) is 0.274. The van der Waals surface area contributed by atoms with E-state index < -0.39 is 0 Å². The number of rotatable bonds is 7. The highest BCUT2D eigenvalue weighted by Gasteiger charge is 2.18. The summed E-state index contributed by atoms with van der Waals surface area (Å²) >= 11 is 0. The molecule has 0 saturated heterocycles. The van der Waals surface area contributed by atoms with Gasteiger partial charge in [-0.15, -0.1) is 10.2 Å². The SMILES string of the molecule is COCCn1c(-c2ccc(C3=CCN(C(=N)N)CC3)cc2)nnc1-c1ccc(C2=CCN(C(=N)N)CC2)cc1. The second kappa shape index (κ2) is 11.5. The summed E-state index contributed by atoms with van der Waals surface area (Å²) < 4.78 is 7.51. The maximum absolute atomic E-state index is 7.63. The maximum Gasteiger partial charge on any atom is 0.188 e. The van der Waals surface area contributed by atoms with Crippen LogP contribution in [0, 0.1) is 10.8 Å². The van der Waals surface area contributed by atoms with Gasteiger partial charge in [0.25, 0.3) is 0 Å². The number of methoxy groups -OCH3 is 1. The first-order chi connectivity index (χ1) is 18.9. The van der Waals surface area contributed by atoms with Gasteiger partial charge in [0, 0.05) is 51.0 Å². The topological polar surface area (TPSA) is 146 Å². The molecule has 202 valence electrons.